The Hall–Kier alpha value is -2.66. The van der Waals surface area contributed by atoms with Gasteiger partial charge in [0.15, 0.2) is 5.75 Å². The number of hydrogen-bond acceptors (Lipinski definition) is 7. The Morgan fingerprint density at radius 2 is 1.70 bits per heavy atom. The number of fused-ring (bicyclic) bond motifs is 2. The zero-order chi connectivity index (χ0) is 23.0. The maximum absolute atomic E-state index is 13.7. The second-order valence-corrected chi connectivity index (χ2v) is 10.2. The molecule has 9 nitrogen and oxygen atoms in total. The molecule has 1 N–H and O–H groups in total. The number of nitrogens with zero attached hydrogens (tertiary/aromatic N) is 3. The van der Waals surface area contributed by atoms with Crippen LogP contribution < -0.4 is 15.0 Å². The van der Waals surface area contributed by atoms with E-state index in [1.807, 2.05) is 12.1 Å². The van der Waals surface area contributed by atoms with Gasteiger partial charge >= 0.3 is 0 Å². The summed E-state index contributed by atoms with van der Waals surface area (Å²) in [5.74, 6) is 0.483. The number of piperazine rings is 1. The summed E-state index contributed by atoms with van der Waals surface area (Å²) in [6, 6.07) is 10.4. The summed E-state index contributed by atoms with van der Waals surface area (Å²) in [4.78, 5) is 17.6. The molecule has 10 heteroatoms. The van der Waals surface area contributed by atoms with Gasteiger partial charge in [0.05, 0.1) is 30.2 Å². The van der Waals surface area contributed by atoms with Gasteiger partial charge in [-0.15, -0.1) is 0 Å². The van der Waals surface area contributed by atoms with Gasteiger partial charge in [0, 0.05) is 45.3 Å². The van der Waals surface area contributed by atoms with Crippen molar-refractivity contribution in [1.29, 1.82) is 0 Å². The lowest BCUT2D eigenvalue weighted by Crippen LogP contribution is -2.47. The molecule has 0 aliphatic carbocycles. The standard InChI is InChI=1S/C23H28N4O5S/c1-2-25-7-9-26(10-8-25)19-16-21-17(23(28)24-18-5-3-4-6-20(18)32-21)15-22(19)33(29,30)27-11-13-31-14-12-27/h3-6,15-16H,2,7-14H2,1H3,(H,24,28). The minimum Gasteiger partial charge on any atom is -0.454 e. The molecule has 33 heavy (non-hydrogen) atoms. The molecule has 2 fully saturated rings. The van der Waals surface area contributed by atoms with Crippen LogP contribution in [0.5, 0.6) is 11.5 Å². The number of carbonyl (C=O) groups excluding carboxylic acids is 1. The molecule has 3 aliphatic rings. The molecule has 2 aromatic carbocycles. The number of anilines is 2. The number of ether oxygens (including phenoxy) is 2. The van der Waals surface area contributed by atoms with Crippen LogP contribution in [0.3, 0.4) is 0 Å². The summed E-state index contributed by atoms with van der Waals surface area (Å²) in [5, 5.41) is 2.84. The van der Waals surface area contributed by atoms with Crippen molar-refractivity contribution >= 4 is 27.3 Å². The van der Waals surface area contributed by atoms with E-state index < -0.39 is 15.9 Å². The van der Waals surface area contributed by atoms with Gasteiger partial charge in [-0.2, -0.15) is 4.31 Å². The summed E-state index contributed by atoms with van der Waals surface area (Å²) < 4.78 is 40.4. The average Bonchev–Trinajstić information content (AvgIpc) is 2.99. The number of amides is 1. The molecule has 3 aliphatic heterocycles. The van der Waals surface area contributed by atoms with Gasteiger partial charge in [-0.3, -0.25) is 4.79 Å². The van der Waals surface area contributed by atoms with Crippen LogP contribution in [-0.2, 0) is 14.8 Å². The first kappa shape index (κ1) is 22.1. The molecule has 0 unspecified atom stereocenters. The highest BCUT2D eigenvalue weighted by Crippen LogP contribution is 2.41. The van der Waals surface area contributed by atoms with Gasteiger partial charge in [-0.05, 0) is 24.7 Å². The van der Waals surface area contributed by atoms with E-state index in [-0.39, 0.29) is 23.5 Å². The van der Waals surface area contributed by atoms with E-state index in [2.05, 4.69) is 22.0 Å². The Kier molecular flexibility index (Phi) is 6.00. The van der Waals surface area contributed by atoms with Gasteiger partial charge in [0.2, 0.25) is 10.0 Å². The van der Waals surface area contributed by atoms with Gasteiger partial charge in [-0.25, -0.2) is 8.42 Å². The number of carbonyl (C=O) groups is 1. The number of hydrogen-bond donors (Lipinski definition) is 1. The minimum atomic E-state index is -3.83. The average molecular weight is 473 g/mol. The molecule has 0 spiro atoms. The molecule has 0 aromatic heterocycles. The molecule has 0 saturated carbocycles. The zero-order valence-electron chi connectivity index (χ0n) is 18.6. The van der Waals surface area contributed by atoms with Crippen molar-refractivity contribution in [2.45, 2.75) is 11.8 Å². The van der Waals surface area contributed by atoms with E-state index >= 15 is 0 Å². The smallest absolute Gasteiger partial charge is 0.259 e. The highest BCUT2D eigenvalue weighted by molar-refractivity contribution is 7.89. The van der Waals surface area contributed by atoms with Gasteiger partial charge < -0.3 is 24.6 Å². The van der Waals surface area contributed by atoms with Crippen LogP contribution in [0.15, 0.2) is 41.3 Å². The SMILES string of the molecule is CCN1CCN(c2cc3c(cc2S(=O)(=O)N2CCOCC2)C(=O)Nc2ccccc2O3)CC1. The summed E-state index contributed by atoms with van der Waals surface area (Å²) in [6.45, 7) is 7.44. The van der Waals surface area contributed by atoms with Crippen molar-refractivity contribution in [1.82, 2.24) is 9.21 Å². The number of rotatable bonds is 4. The topological polar surface area (TPSA) is 91.4 Å². The van der Waals surface area contributed by atoms with Crippen LogP contribution >= 0.6 is 0 Å². The molecule has 3 heterocycles. The molecule has 0 radical (unpaired) electrons. The lowest BCUT2D eigenvalue weighted by Gasteiger charge is -2.37. The summed E-state index contributed by atoms with van der Waals surface area (Å²) in [5.41, 5.74) is 1.33. The van der Waals surface area contributed by atoms with Crippen LogP contribution in [0, 0.1) is 0 Å². The zero-order valence-corrected chi connectivity index (χ0v) is 19.4. The largest absolute Gasteiger partial charge is 0.454 e. The molecule has 5 rings (SSSR count). The monoisotopic (exact) mass is 472 g/mol. The predicted octanol–water partition coefficient (Wildman–Crippen LogP) is 2.21. The molecule has 176 valence electrons. The number of nitrogens with one attached hydrogen (secondary N) is 1. The molecule has 1 amide bonds. The van der Waals surface area contributed by atoms with E-state index in [0.29, 0.717) is 49.2 Å². The van der Waals surface area contributed by atoms with Crippen molar-refractivity contribution in [3.63, 3.8) is 0 Å². The van der Waals surface area contributed by atoms with Gasteiger partial charge in [0.1, 0.15) is 10.6 Å². The molecule has 0 bridgehead atoms. The molecule has 2 aromatic rings. The number of sulfonamides is 1. The highest BCUT2D eigenvalue weighted by Gasteiger charge is 2.34. The van der Waals surface area contributed by atoms with E-state index in [0.717, 1.165) is 19.6 Å². The van der Waals surface area contributed by atoms with E-state index in [1.165, 1.54) is 10.4 Å². The Morgan fingerprint density at radius 1 is 0.970 bits per heavy atom. The minimum absolute atomic E-state index is 0.137. The molecular weight excluding hydrogens is 444 g/mol. The van der Waals surface area contributed by atoms with Crippen molar-refractivity contribution in [3.8, 4) is 11.5 Å². The van der Waals surface area contributed by atoms with Crippen LogP contribution in [0.2, 0.25) is 0 Å². The Labute approximate surface area is 193 Å². The first-order valence-electron chi connectivity index (χ1n) is 11.3. The first-order valence-corrected chi connectivity index (χ1v) is 12.7. The Balaban J connectivity index is 1.62. The van der Waals surface area contributed by atoms with Crippen molar-refractivity contribution in [2.24, 2.45) is 0 Å². The van der Waals surface area contributed by atoms with Gasteiger partial charge in [-0.1, -0.05) is 19.1 Å². The van der Waals surface area contributed by atoms with Crippen LogP contribution in [0.1, 0.15) is 17.3 Å². The predicted molar refractivity (Wildman–Crippen MR) is 125 cm³/mol. The van der Waals surface area contributed by atoms with Crippen molar-refractivity contribution in [2.75, 3.05) is 69.2 Å². The maximum atomic E-state index is 13.7. The fraction of sp³-hybridized carbons (Fsp3) is 0.435. The number of benzene rings is 2. The Bertz CT molecular complexity index is 1160. The fourth-order valence-corrected chi connectivity index (χ4v) is 6.09. The number of likely N-dealkylation sites (N-methyl/N-ethyl adjacent to an activating group) is 1. The highest BCUT2D eigenvalue weighted by atomic mass is 32.2. The van der Waals surface area contributed by atoms with Crippen LogP contribution in [-0.4, -0.2) is 82.6 Å². The summed E-state index contributed by atoms with van der Waals surface area (Å²) in [7, 11) is -3.83. The summed E-state index contributed by atoms with van der Waals surface area (Å²) in [6.07, 6.45) is 0. The maximum Gasteiger partial charge on any atom is 0.259 e. The third kappa shape index (κ3) is 4.19. The fourth-order valence-electron chi connectivity index (χ4n) is 4.46. The van der Waals surface area contributed by atoms with E-state index in [4.69, 9.17) is 9.47 Å². The van der Waals surface area contributed by atoms with E-state index in [9.17, 15) is 13.2 Å². The quantitative estimate of drug-likeness (QED) is 0.730. The molecule has 2 saturated heterocycles. The second kappa shape index (κ2) is 8.94. The number of para-hydroxylation sites is 2. The second-order valence-electron chi connectivity index (χ2n) is 8.31. The number of morpholine rings is 1. The van der Waals surface area contributed by atoms with Crippen LogP contribution in [0.25, 0.3) is 0 Å². The van der Waals surface area contributed by atoms with Crippen molar-refractivity contribution in [3.05, 3.63) is 42.0 Å². The van der Waals surface area contributed by atoms with E-state index in [1.54, 1.807) is 18.2 Å². The third-order valence-electron chi connectivity index (χ3n) is 6.41. The third-order valence-corrected chi connectivity index (χ3v) is 8.34. The molecule has 0 atom stereocenters. The molecular formula is C23H28N4O5S. The first-order chi connectivity index (χ1) is 16.0. The normalized spacial score (nSPS) is 19.8. The Morgan fingerprint density at radius 3 is 2.42 bits per heavy atom. The van der Waals surface area contributed by atoms with Crippen molar-refractivity contribution < 1.29 is 22.7 Å². The lowest BCUT2D eigenvalue weighted by atomic mass is 10.1. The lowest BCUT2D eigenvalue weighted by molar-refractivity contribution is 0.0730. The van der Waals surface area contributed by atoms with Crippen LogP contribution in [0.4, 0.5) is 11.4 Å². The van der Waals surface area contributed by atoms with Gasteiger partial charge in [0.25, 0.3) is 5.91 Å². The summed E-state index contributed by atoms with van der Waals surface area (Å²) >= 11 is 0.